The number of nitrogens with one attached hydrogen (secondary N) is 1. The molecule has 3 N–H and O–H groups in total. The van der Waals surface area contributed by atoms with Crippen molar-refractivity contribution in [3.63, 3.8) is 0 Å². The summed E-state index contributed by atoms with van der Waals surface area (Å²) in [5.41, 5.74) is 8.57. The maximum Gasteiger partial charge on any atom is 0.287 e. The van der Waals surface area contributed by atoms with Crippen LogP contribution in [0.5, 0.6) is 0 Å². The van der Waals surface area contributed by atoms with Crippen LogP contribution in [0.1, 0.15) is 47.4 Å². The molecule has 4 rings (SSSR count). The number of nitrogens with zero attached hydrogens (tertiary/aromatic N) is 1. The first kappa shape index (κ1) is 16.8. The van der Waals surface area contributed by atoms with Crippen LogP contribution in [0.3, 0.4) is 0 Å². The molecule has 0 saturated heterocycles. The molecule has 6 nitrogen and oxygen atoms in total. The Labute approximate surface area is 152 Å². The van der Waals surface area contributed by atoms with E-state index in [4.69, 9.17) is 10.2 Å². The molecule has 1 aromatic heterocycles. The van der Waals surface area contributed by atoms with Crippen LogP contribution in [0.25, 0.3) is 0 Å². The van der Waals surface area contributed by atoms with Gasteiger partial charge in [0, 0.05) is 23.3 Å². The van der Waals surface area contributed by atoms with Crippen molar-refractivity contribution < 1.29 is 14.0 Å². The van der Waals surface area contributed by atoms with Gasteiger partial charge in [0.25, 0.3) is 5.91 Å². The fourth-order valence-electron chi connectivity index (χ4n) is 3.83. The standard InChI is InChI=1S/C20H23N3O3/c21-15-5-7-16(8-6-15)22-20(25)19-14(9-10-26-19)12-23-17-4-2-1-3-13(17)11-18(23)24/h1-4,9-10,15-16H,5-8,11-12,21H2,(H,22,25). The maximum absolute atomic E-state index is 12.6. The SMILES string of the molecule is NC1CCC(NC(=O)c2occc2CN2C(=O)Cc3ccccc32)CC1. The van der Waals surface area contributed by atoms with Crippen LogP contribution in [-0.4, -0.2) is 23.9 Å². The highest BCUT2D eigenvalue weighted by molar-refractivity contribution is 6.01. The zero-order valence-electron chi connectivity index (χ0n) is 14.6. The first-order valence-corrected chi connectivity index (χ1v) is 9.13. The van der Waals surface area contributed by atoms with Crippen molar-refractivity contribution in [1.29, 1.82) is 0 Å². The molecule has 2 heterocycles. The van der Waals surface area contributed by atoms with Crippen LogP contribution >= 0.6 is 0 Å². The van der Waals surface area contributed by atoms with Gasteiger partial charge >= 0.3 is 0 Å². The number of nitrogens with two attached hydrogens (primary N) is 1. The molecule has 2 amide bonds. The number of carbonyl (C=O) groups is 2. The van der Waals surface area contributed by atoms with Crippen molar-refractivity contribution in [1.82, 2.24) is 5.32 Å². The summed E-state index contributed by atoms with van der Waals surface area (Å²) in [6.45, 7) is 0.338. The molecule has 1 aliphatic heterocycles. The van der Waals surface area contributed by atoms with Crippen LogP contribution in [0.2, 0.25) is 0 Å². The lowest BCUT2D eigenvalue weighted by Crippen LogP contribution is -2.40. The highest BCUT2D eigenvalue weighted by Gasteiger charge is 2.29. The van der Waals surface area contributed by atoms with Gasteiger partial charge in [-0.05, 0) is 43.4 Å². The molecule has 6 heteroatoms. The monoisotopic (exact) mass is 353 g/mol. The van der Waals surface area contributed by atoms with Gasteiger partial charge in [-0.1, -0.05) is 18.2 Å². The van der Waals surface area contributed by atoms with Gasteiger partial charge in [0.15, 0.2) is 5.76 Å². The molecular formula is C20H23N3O3. The molecule has 0 unspecified atom stereocenters. The van der Waals surface area contributed by atoms with Crippen molar-refractivity contribution in [2.45, 2.75) is 50.7 Å². The van der Waals surface area contributed by atoms with Crippen LogP contribution in [0.4, 0.5) is 5.69 Å². The summed E-state index contributed by atoms with van der Waals surface area (Å²) >= 11 is 0. The second-order valence-electron chi connectivity index (χ2n) is 7.15. The lowest BCUT2D eigenvalue weighted by molar-refractivity contribution is -0.117. The summed E-state index contributed by atoms with van der Waals surface area (Å²) in [7, 11) is 0. The molecule has 26 heavy (non-hydrogen) atoms. The molecule has 0 atom stereocenters. The van der Waals surface area contributed by atoms with Crippen molar-refractivity contribution in [3.05, 3.63) is 53.5 Å². The Kier molecular flexibility index (Phi) is 4.51. The van der Waals surface area contributed by atoms with E-state index in [2.05, 4.69) is 5.32 Å². The molecule has 0 spiro atoms. The molecule has 0 radical (unpaired) electrons. The van der Waals surface area contributed by atoms with E-state index in [0.29, 0.717) is 13.0 Å². The van der Waals surface area contributed by atoms with Gasteiger partial charge in [-0.25, -0.2) is 0 Å². The van der Waals surface area contributed by atoms with Crippen molar-refractivity contribution >= 4 is 17.5 Å². The minimum atomic E-state index is -0.217. The summed E-state index contributed by atoms with van der Waals surface area (Å²) in [5, 5.41) is 3.05. The third-order valence-corrected chi connectivity index (χ3v) is 5.31. The number of anilines is 1. The van der Waals surface area contributed by atoms with Crippen LogP contribution in [-0.2, 0) is 17.8 Å². The van der Waals surface area contributed by atoms with Crippen LogP contribution in [0, 0.1) is 0 Å². The number of amides is 2. The van der Waals surface area contributed by atoms with Gasteiger partial charge < -0.3 is 20.4 Å². The largest absolute Gasteiger partial charge is 0.459 e. The Morgan fingerprint density at radius 1 is 1.19 bits per heavy atom. The molecule has 2 aliphatic rings. The highest BCUT2D eigenvalue weighted by atomic mass is 16.3. The number of carbonyl (C=O) groups excluding carboxylic acids is 2. The minimum absolute atomic E-state index is 0.0417. The van der Waals surface area contributed by atoms with E-state index in [9.17, 15) is 9.59 Å². The molecule has 136 valence electrons. The summed E-state index contributed by atoms with van der Waals surface area (Å²) in [4.78, 5) is 26.7. The second kappa shape index (κ2) is 6.96. The summed E-state index contributed by atoms with van der Waals surface area (Å²) < 4.78 is 5.45. The Hall–Kier alpha value is -2.60. The number of furan rings is 1. The fourth-order valence-corrected chi connectivity index (χ4v) is 3.83. The smallest absolute Gasteiger partial charge is 0.287 e. The van der Waals surface area contributed by atoms with Crippen molar-refractivity contribution in [2.24, 2.45) is 5.73 Å². The topological polar surface area (TPSA) is 88.6 Å². The maximum atomic E-state index is 12.6. The number of para-hydroxylation sites is 1. The van der Waals surface area contributed by atoms with Gasteiger partial charge in [0.2, 0.25) is 5.91 Å². The van der Waals surface area contributed by atoms with E-state index in [-0.39, 0.29) is 29.7 Å². The predicted octanol–water partition coefficient (Wildman–Crippen LogP) is 2.37. The highest BCUT2D eigenvalue weighted by Crippen LogP contribution is 2.30. The Morgan fingerprint density at radius 2 is 1.96 bits per heavy atom. The summed E-state index contributed by atoms with van der Waals surface area (Å²) in [5.74, 6) is 0.113. The minimum Gasteiger partial charge on any atom is -0.459 e. The molecular weight excluding hydrogens is 330 g/mol. The molecule has 2 aromatic rings. The summed E-state index contributed by atoms with van der Waals surface area (Å²) in [6.07, 6.45) is 5.54. The summed E-state index contributed by atoms with van der Waals surface area (Å²) in [6, 6.07) is 9.89. The van der Waals surface area contributed by atoms with Gasteiger partial charge in [0.05, 0.1) is 19.2 Å². The predicted molar refractivity (Wildman–Crippen MR) is 97.7 cm³/mol. The van der Waals surface area contributed by atoms with Crippen molar-refractivity contribution in [2.75, 3.05) is 4.90 Å². The first-order chi connectivity index (χ1) is 12.6. The average molecular weight is 353 g/mol. The quantitative estimate of drug-likeness (QED) is 0.883. The van der Waals surface area contributed by atoms with Gasteiger partial charge in [-0.2, -0.15) is 0 Å². The number of hydrogen-bond acceptors (Lipinski definition) is 4. The zero-order chi connectivity index (χ0) is 18.1. The van der Waals surface area contributed by atoms with E-state index in [0.717, 1.165) is 42.5 Å². The Bertz CT molecular complexity index is 821. The van der Waals surface area contributed by atoms with E-state index >= 15 is 0 Å². The Morgan fingerprint density at radius 3 is 2.77 bits per heavy atom. The third kappa shape index (κ3) is 3.24. The van der Waals surface area contributed by atoms with Gasteiger partial charge in [-0.3, -0.25) is 9.59 Å². The number of hydrogen-bond donors (Lipinski definition) is 2. The normalized spacial score (nSPS) is 22.3. The molecule has 1 aliphatic carbocycles. The lowest BCUT2D eigenvalue weighted by Gasteiger charge is -2.26. The number of benzene rings is 1. The molecule has 1 aromatic carbocycles. The zero-order valence-corrected chi connectivity index (χ0v) is 14.6. The molecule has 1 saturated carbocycles. The first-order valence-electron chi connectivity index (χ1n) is 9.13. The average Bonchev–Trinajstić information content (AvgIpc) is 3.22. The number of fused-ring (bicyclic) bond motifs is 1. The molecule has 1 fully saturated rings. The number of rotatable bonds is 4. The van der Waals surface area contributed by atoms with Gasteiger partial charge in [0.1, 0.15) is 0 Å². The van der Waals surface area contributed by atoms with Gasteiger partial charge in [-0.15, -0.1) is 0 Å². The lowest BCUT2D eigenvalue weighted by atomic mass is 9.92. The third-order valence-electron chi connectivity index (χ3n) is 5.31. The molecule has 0 bridgehead atoms. The van der Waals surface area contributed by atoms with E-state index in [1.165, 1.54) is 6.26 Å². The van der Waals surface area contributed by atoms with Crippen molar-refractivity contribution in [3.8, 4) is 0 Å². The van der Waals surface area contributed by atoms with E-state index < -0.39 is 0 Å². The van der Waals surface area contributed by atoms with Crippen LogP contribution in [0.15, 0.2) is 41.0 Å². The van der Waals surface area contributed by atoms with E-state index in [1.54, 1.807) is 11.0 Å². The van der Waals surface area contributed by atoms with Crippen LogP contribution < -0.4 is 16.0 Å². The van der Waals surface area contributed by atoms with E-state index in [1.807, 2.05) is 24.3 Å². The fraction of sp³-hybridized carbons (Fsp3) is 0.400. The second-order valence-corrected chi connectivity index (χ2v) is 7.15. The Balaban J connectivity index is 1.47.